The molecule has 0 spiro atoms. The van der Waals surface area contributed by atoms with Crippen molar-refractivity contribution >= 4 is 23.4 Å². The van der Waals surface area contributed by atoms with E-state index in [0.717, 1.165) is 22.5 Å². The number of hydrogen-bond donors (Lipinski definition) is 3. The molecule has 3 rings (SSSR count). The van der Waals surface area contributed by atoms with Gasteiger partial charge in [-0.3, -0.25) is 14.6 Å². The number of carbonyl (C=O) groups is 2. The van der Waals surface area contributed by atoms with Crippen LogP contribution in [0.3, 0.4) is 0 Å². The molecule has 9 heteroatoms. The van der Waals surface area contributed by atoms with Gasteiger partial charge < -0.3 is 22.1 Å². The van der Waals surface area contributed by atoms with Gasteiger partial charge in [-0.2, -0.15) is 0 Å². The third-order valence-electron chi connectivity index (χ3n) is 4.51. The Morgan fingerprint density at radius 3 is 1.79 bits per heavy atom. The number of benzene rings is 2. The zero-order valence-electron chi connectivity index (χ0n) is 15.8. The summed E-state index contributed by atoms with van der Waals surface area (Å²) >= 11 is 0. The third-order valence-corrected chi connectivity index (χ3v) is 4.51. The summed E-state index contributed by atoms with van der Waals surface area (Å²) in [5.74, 6) is -1.03. The molecule has 0 bridgehead atoms. The Hall–Kier alpha value is -2.34. The van der Waals surface area contributed by atoms with Gasteiger partial charge in [-0.15, -0.1) is 0 Å². The molecular weight excluding hydrogens is 355 g/mol. The van der Waals surface area contributed by atoms with Gasteiger partial charge in [0.05, 0.1) is 0 Å². The zero-order valence-corrected chi connectivity index (χ0v) is 15.8. The Morgan fingerprint density at radius 2 is 1.39 bits per heavy atom. The monoisotopic (exact) mass is 378 g/mol. The van der Waals surface area contributed by atoms with Crippen LogP contribution in [0.15, 0.2) is 48.5 Å². The van der Waals surface area contributed by atoms with Crippen LogP contribution in [0.5, 0.6) is 0 Å². The van der Waals surface area contributed by atoms with E-state index in [2.05, 4.69) is 0 Å². The normalized spacial score (nSPS) is 14.3. The average molecular weight is 378 g/mol. The Bertz CT molecular complexity index is 799. The number of urea groups is 1. The molecule has 2 aromatic carbocycles. The van der Waals surface area contributed by atoms with Gasteiger partial charge in [0.25, 0.3) is 0 Å². The van der Waals surface area contributed by atoms with E-state index in [-0.39, 0.29) is 36.8 Å². The Labute approximate surface area is 175 Å². The van der Waals surface area contributed by atoms with Crippen LogP contribution in [0.1, 0.15) is 11.1 Å². The minimum absolute atomic E-state index is 0. The molecule has 2 aromatic rings. The van der Waals surface area contributed by atoms with E-state index >= 15 is 0 Å². The molecular formula is C19H23LiN4O4. The summed E-state index contributed by atoms with van der Waals surface area (Å²) in [6.07, 6.45) is 0.253. The SMILES string of the molecule is NCc1ccc(N2CCN(c3ccc(CC(N)C(=O)O)cc3)C2=O)cc1.[Li+].[OH-]. The number of carboxylic acid groups (broad SMARTS) is 1. The third kappa shape index (κ3) is 5.13. The second-order valence-corrected chi connectivity index (χ2v) is 6.27. The number of carbonyl (C=O) groups excluding carboxylic acids is 1. The minimum Gasteiger partial charge on any atom is -0.870 e. The fraction of sp³-hybridized carbons (Fsp3) is 0.263. The van der Waals surface area contributed by atoms with E-state index in [1.807, 2.05) is 48.5 Å². The van der Waals surface area contributed by atoms with Gasteiger partial charge in [0.15, 0.2) is 0 Å². The molecule has 0 saturated carbocycles. The standard InChI is InChI=1S/C19H22N4O3.Li.H2O/c20-12-14-3-7-16(8-4-14)23-10-9-22(19(23)26)15-5-1-13(2-6-15)11-17(21)18(24)25;;/h1-8,17H,9-12,20-21H2,(H,24,25);;1H2/q;+1;/p-1. The molecule has 0 aromatic heterocycles. The van der Waals surface area contributed by atoms with E-state index in [1.165, 1.54) is 0 Å². The molecule has 8 nitrogen and oxygen atoms in total. The van der Waals surface area contributed by atoms with Gasteiger partial charge in [-0.1, -0.05) is 24.3 Å². The summed E-state index contributed by atoms with van der Waals surface area (Å²) in [6, 6.07) is 13.9. The molecule has 1 fully saturated rings. The molecule has 1 heterocycles. The van der Waals surface area contributed by atoms with Crippen molar-refractivity contribution in [2.45, 2.75) is 19.0 Å². The van der Waals surface area contributed by atoms with Gasteiger partial charge in [0.2, 0.25) is 0 Å². The van der Waals surface area contributed by atoms with Crippen LogP contribution in [0, 0.1) is 0 Å². The number of nitrogens with zero attached hydrogens (tertiary/aromatic N) is 2. The molecule has 28 heavy (non-hydrogen) atoms. The van der Waals surface area contributed by atoms with Gasteiger partial charge in [0, 0.05) is 31.0 Å². The summed E-state index contributed by atoms with van der Waals surface area (Å²) in [5.41, 5.74) is 14.6. The van der Waals surface area contributed by atoms with E-state index in [9.17, 15) is 9.59 Å². The van der Waals surface area contributed by atoms with Crippen molar-refractivity contribution in [3.63, 3.8) is 0 Å². The van der Waals surface area contributed by atoms with Crippen LogP contribution in [-0.4, -0.2) is 41.7 Å². The molecule has 1 atom stereocenters. The molecule has 6 N–H and O–H groups in total. The Kier molecular flexibility index (Phi) is 8.69. The van der Waals surface area contributed by atoms with E-state index in [0.29, 0.717) is 19.6 Å². The molecule has 0 radical (unpaired) electrons. The summed E-state index contributed by atoms with van der Waals surface area (Å²) < 4.78 is 0. The van der Waals surface area contributed by atoms with Crippen LogP contribution in [0.25, 0.3) is 0 Å². The van der Waals surface area contributed by atoms with Crippen molar-refractivity contribution < 1.29 is 39.0 Å². The zero-order chi connectivity index (χ0) is 18.7. The van der Waals surface area contributed by atoms with Gasteiger partial charge in [-0.05, 0) is 41.8 Å². The number of anilines is 2. The van der Waals surface area contributed by atoms with Gasteiger partial charge in [0.1, 0.15) is 6.04 Å². The smallest absolute Gasteiger partial charge is 0.870 e. The first-order chi connectivity index (χ1) is 12.5. The maximum atomic E-state index is 12.7. The number of aliphatic carboxylic acids is 1. The summed E-state index contributed by atoms with van der Waals surface area (Å²) in [5, 5.41) is 8.89. The fourth-order valence-electron chi connectivity index (χ4n) is 2.98. The van der Waals surface area contributed by atoms with Crippen molar-refractivity contribution in [2.24, 2.45) is 11.5 Å². The molecule has 144 valence electrons. The van der Waals surface area contributed by atoms with Crippen molar-refractivity contribution in [3.05, 3.63) is 59.7 Å². The number of amides is 2. The van der Waals surface area contributed by atoms with Crippen molar-refractivity contribution in [2.75, 3.05) is 22.9 Å². The van der Waals surface area contributed by atoms with Gasteiger partial charge >= 0.3 is 30.9 Å². The largest absolute Gasteiger partial charge is 1.00 e. The predicted molar refractivity (Wildman–Crippen MR) is 102 cm³/mol. The molecule has 1 saturated heterocycles. The summed E-state index contributed by atoms with van der Waals surface area (Å²) in [4.78, 5) is 27.0. The van der Waals surface area contributed by atoms with Crippen LogP contribution >= 0.6 is 0 Å². The number of hydrogen-bond acceptors (Lipinski definition) is 5. The number of nitrogens with two attached hydrogens (primary N) is 2. The van der Waals surface area contributed by atoms with Crippen molar-refractivity contribution in [3.8, 4) is 0 Å². The van der Waals surface area contributed by atoms with Gasteiger partial charge in [-0.25, -0.2) is 4.79 Å². The number of rotatable bonds is 6. The second kappa shape index (κ2) is 10.3. The minimum atomic E-state index is -1.03. The van der Waals surface area contributed by atoms with E-state index in [1.54, 1.807) is 9.80 Å². The number of carboxylic acids is 1. The first kappa shape index (κ1) is 23.7. The molecule has 1 aliphatic heterocycles. The Morgan fingerprint density at radius 1 is 0.964 bits per heavy atom. The van der Waals surface area contributed by atoms with Crippen LogP contribution < -0.4 is 40.1 Å². The van der Waals surface area contributed by atoms with Crippen molar-refractivity contribution in [1.82, 2.24) is 0 Å². The van der Waals surface area contributed by atoms with E-state index in [4.69, 9.17) is 16.6 Å². The predicted octanol–water partition coefficient (Wildman–Crippen LogP) is -1.63. The maximum absolute atomic E-state index is 12.7. The van der Waals surface area contributed by atoms with Crippen molar-refractivity contribution in [1.29, 1.82) is 0 Å². The van der Waals surface area contributed by atoms with Crippen LogP contribution in [-0.2, 0) is 17.8 Å². The van der Waals surface area contributed by atoms with Crippen LogP contribution in [0.2, 0.25) is 0 Å². The molecule has 2 amide bonds. The molecule has 0 aliphatic carbocycles. The topological polar surface area (TPSA) is 143 Å². The summed E-state index contributed by atoms with van der Waals surface area (Å²) in [6.45, 7) is 1.66. The molecule has 1 aliphatic rings. The van der Waals surface area contributed by atoms with E-state index < -0.39 is 12.0 Å². The molecule has 1 unspecified atom stereocenters. The maximum Gasteiger partial charge on any atom is 1.00 e. The first-order valence-corrected chi connectivity index (χ1v) is 8.45. The first-order valence-electron chi connectivity index (χ1n) is 8.45. The Balaban J connectivity index is 0.00000196. The summed E-state index contributed by atoms with van der Waals surface area (Å²) in [7, 11) is 0. The average Bonchev–Trinajstić information content (AvgIpc) is 3.04. The van der Waals surface area contributed by atoms with Crippen LogP contribution in [0.4, 0.5) is 16.2 Å². The second-order valence-electron chi connectivity index (χ2n) is 6.27. The quantitative estimate of drug-likeness (QED) is 0.515. The fourth-order valence-corrected chi connectivity index (χ4v) is 2.98.